The van der Waals surface area contributed by atoms with Crippen molar-refractivity contribution in [1.82, 2.24) is 10.5 Å². The van der Waals surface area contributed by atoms with Crippen molar-refractivity contribution < 1.29 is 9.32 Å². The van der Waals surface area contributed by atoms with Crippen molar-refractivity contribution in [1.29, 1.82) is 0 Å². The minimum Gasteiger partial charge on any atom is -0.356 e. The van der Waals surface area contributed by atoms with E-state index in [1.807, 2.05) is 66.7 Å². The lowest BCUT2D eigenvalue weighted by Gasteiger charge is -1.97. The van der Waals surface area contributed by atoms with Crippen molar-refractivity contribution in [3.63, 3.8) is 0 Å². The summed E-state index contributed by atoms with van der Waals surface area (Å²) in [5.41, 5.74) is 2.63. The highest BCUT2D eigenvalue weighted by atomic mass is 16.5. The topological polar surface area (TPSA) is 55.1 Å². The number of aromatic nitrogens is 1. The molecular weight excluding hydrogens is 288 g/mol. The van der Waals surface area contributed by atoms with Crippen molar-refractivity contribution >= 4 is 12.0 Å². The number of amides is 1. The standard InChI is InChI=1S/C19H16N2O2/c22-19(12-11-15-7-3-1-4-8-15)20-14-17-13-18(23-21-17)16-9-5-2-6-10-16/h1-13H,14H2,(H,20,22)/b12-11-. The molecule has 0 fully saturated rings. The molecule has 4 nitrogen and oxygen atoms in total. The van der Waals surface area contributed by atoms with E-state index in [4.69, 9.17) is 4.52 Å². The summed E-state index contributed by atoms with van der Waals surface area (Å²) >= 11 is 0. The Kier molecular flexibility index (Phi) is 4.64. The van der Waals surface area contributed by atoms with Crippen molar-refractivity contribution in [2.24, 2.45) is 0 Å². The van der Waals surface area contributed by atoms with Crippen molar-refractivity contribution in [2.45, 2.75) is 6.54 Å². The summed E-state index contributed by atoms with van der Waals surface area (Å²) in [4.78, 5) is 11.8. The molecule has 1 amide bonds. The highest BCUT2D eigenvalue weighted by Gasteiger charge is 2.06. The molecule has 0 saturated heterocycles. The van der Waals surface area contributed by atoms with Gasteiger partial charge in [0.1, 0.15) is 5.69 Å². The molecule has 0 saturated carbocycles. The first-order valence-electron chi connectivity index (χ1n) is 7.33. The van der Waals surface area contributed by atoms with E-state index < -0.39 is 0 Å². The summed E-state index contributed by atoms with van der Waals surface area (Å²) in [6, 6.07) is 21.2. The molecule has 1 aromatic heterocycles. The van der Waals surface area contributed by atoms with E-state index >= 15 is 0 Å². The normalized spacial score (nSPS) is 10.8. The molecule has 3 aromatic rings. The molecule has 0 aliphatic carbocycles. The second-order valence-corrected chi connectivity index (χ2v) is 5.01. The number of carbonyl (C=O) groups is 1. The molecule has 0 atom stereocenters. The number of carbonyl (C=O) groups excluding carboxylic acids is 1. The van der Waals surface area contributed by atoms with Crippen LogP contribution in [0.4, 0.5) is 0 Å². The van der Waals surface area contributed by atoms with Gasteiger partial charge in [0.25, 0.3) is 0 Å². The quantitative estimate of drug-likeness (QED) is 0.732. The van der Waals surface area contributed by atoms with E-state index in [2.05, 4.69) is 10.5 Å². The zero-order chi connectivity index (χ0) is 15.9. The van der Waals surface area contributed by atoms with Crippen LogP contribution in [0, 0.1) is 0 Å². The fourth-order valence-electron chi connectivity index (χ4n) is 2.11. The molecule has 3 rings (SSSR count). The first-order valence-corrected chi connectivity index (χ1v) is 7.33. The molecule has 0 radical (unpaired) electrons. The largest absolute Gasteiger partial charge is 0.356 e. The molecule has 1 N–H and O–H groups in total. The number of nitrogens with zero attached hydrogens (tertiary/aromatic N) is 1. The van der Waals surface area contributed by atoms with Crippen molar-refractivity contribution in [3.05, 3.63) is 84.1 Å². The predicted molar refractivity (Wildman–Crippen MR) is 89.3 cm³/mol. The summed E-state index contributed by atoms with van der Waals surface area (Å²) in [5, 5.41) is 6.75. The second kappa shape index (κ2) is 7.22. The SMILES string of the molecule is O=C(/C=C\c1ccccc1)NCc1cc(-c2ccccc2)on1. The fourth-order valence-corrected chi connectivity index (χ4v) is 2.11. The molecular formula is C19H16N2O2. The van der Waals surface area contributed by atoms with E-state index in [1.54, 1.807) is 6.08 Å². The van der Waals surface area contributed by atoms with Crippen LogP contribution in [-0.4, -0.2) is 11.1 Å². The Morgan fingerprint density at radius 2 is 1.74 bits per heavy atom. The maximum absolute atomic E-state index is 11.8. The van der Waals surface area contributed by atoms with Crippen LogP contribution in [0.3, 0.4) is 0 Å². The van der Waals surface area contributed by atoms with Crippen LogP contribution in [0.5, 0.6) is 0 Å². The maximum Gasteiger partial charge on any atom is 0.244 e. The van der Waals surface area contributed by atoms with Gasteiger partial charge in [-0.25, -0.2) is 0 Å². The molecule has 114 valence electrons. The number of hydrogen-bond donors (Lipinski definition) is 1. The van der Waals surface area contributed by atoms with Crippen molar-refractivity contribution in [2.75, 3.05) is 0 Å². The molecule has 0 aliphatic heterocycles. The number of nitrogens with one attached hydrogen (secondary N) is 1. The minimum absolute atomic E-state index is 0.168. The van der Waals surface area contributed by atoms with Crippen LogP contribution in [0.2, 0.25) is 0 Å². The van der Waals surface area contributed by atoms with Gasteiger partial charge >= 0.3 is 0 Å². The Labute approximate surface area is 134 Å². The highest BCUT2D eigenvalue weighted by molar-refractivity contribution is 5.91. The van der Waals surface area contributed by atoms with Gasteiger partial charge in [0.2, 0.25) is 5.91 Å². The van der Waals surface area contributed by atoms with Crippen molar-refractivity contribution in [3.8, 4) is 11.3 Å². The third kappa shape index (κ3) is 4.17. The lowest BCUT2D eigenvalue weighted by Crippen LogP contribution is -2.20. The minimum atomic E-state index is -0.168. The number of rotatable bonds is 5. The zero-order valence-corrected chi connectivity index (χ0v) is 12.5. The molecule has 0 unspecified atom stereocenters. The van der Waals surface area contributed by atoms with E-state index in [0.717, 1.165) is 11.1 Å². The maximum atomic E-state index is 11.8. The van der Waals surface area contributed by atoms with Gasteiger partial charge in [-0.3, -0.25) is 4.79 Å². The van der Waals surface area contributed by atoms with E-state index in [9.17, 15) is 4.79 Å². The zero-order valence-electron chi connectivity index (χ0n) is 12.5. The summed E-state index contributed by atoms with van der Waals surface area (Å²) in [5.74, 6) is 0.521. The van der Waals surface area contributed by atoms with Crippen LogP contribution in [0.25, 0.3) is 17.4 Å². The Balaban J connectivity index is 1.55. The fraction of sp³-hybridized carbons (Fsp3) is 0.0526. The van der Waals surface area contributed by atoms with Gasteiger partial charge in [0.15, 0.2) is 5.76 Å². The molecule has 0 spiro atoms. The van der Waals surface area contributed by atoms with Gasteiger partial charge in [0, 0.05) is 17.7 Å². The van der Waals surface area contributed by atoms with Crippen LogP contribution < -0.4 is 5.32 Å². The van der Waals surface area contributed by atoms with Crippen LogP contribution in [0.1, 0.15) is 11.3 Å². The average molecular weight is 304 g/mol. The molecule has 23 heavy (non-hydrogen) atoms. The van der Waals surface area contributed by atoms with Gasteiger partial charge < -0.3 is 9.84 Å². The molecule has 0 bridgehead atoms. The van der Waals surface area contributed by atoms with E-state index in [1.165, 1.54) is 6.08 Å². The molecule has 4 heteroatoms. The Morgan fingerprint density at radius 3 is 2.48 bits per heavy atom. The lowest BCUT2D eigenvalue weighted by molar-refractivity contribution is -0.116. The molecule has 2 aromatic carbocycles. The van der Waals surface area contributed by atoms with Gasteiger partial charge in [-0.1, -0.05) is 65.8 Å². The van der Waals surface area contributed by atoms with Gasteiger partial charge in [-0.2, -0.15) is 0 Å². The van der Waals surface area contributed by atoms with Crippen LogP contribution >= 0.6 is 0 Å². The van der Waals surface area contributed by atoms with E-state index in [0.29, 0.717) is 18.0 Å². The molecule has 1 heterocycles. The number of benzene rings is 2. The summed E-state index contributed by atoms with van der Waals surface area (Å²) < 4.78 is 5.29. The third-order valence-electron chi connectivity index (χ3n) is 3.29. The monoisotopic (exact) mass is 304 g/mol. The van der Waals surface area contributed by atoms with Gasteiger partial charge in [-0.15, -0.1) is 0 Å². The number of hydrogen-bond acceptors (Lipinski definition) is 3. The summed E-state index contributed by atoms with van der Waals surface area (Å²) in [6.45, 7) is 0.328. The predicted octanol–water partition coefficient (Wildman–Crippen LogP) is 3.67. The smallest absolute Gasteiger partial charge is 0.244 e. The van der Waals surface area contributed by atoms with Gasteiger partial charge in [0.05, 0.1) is 6.54 Å². The third-order valence-corrected chi connectivity index (χ3v) is 3.29. The van der Waals surface area contributed by atoms with Crippen LogP contribution in [0.15, 0.2) is 77.3 Å². The molecule has 0 aliphatic rings. The average Bonchev–Trinajstić information content (AvgIpc) is 3.09. The highest BCUT2D eigenvalue weighted by Crippen LogP contribution is 2.19. The van der Waals surface area contributed by atoms with Gasteiger partial charge in [-0.05, 0) is 11.6 Å². The first-order chi connectivity index (χ1) is 11.3. The van der Waals surface area contributed by atoms with Crippen LogP contribution in [-0.2, 0) is 11.3 Å². The Morgan fingerprint density at radius 1 is 1.04 bits per heavy atom. The summed E-state index contributed by atoms with van der Waals surface area (Å²) in [6.07, 6.45) is 3.28. The second-order valence-electron chi connectivity index (χ2n) is 5.01. The summed E-state index contributed by atoms with van der Waals surface area (Å²) in [7, 11) is 0. The van der Waals surface area contributed by atoms with E-state index in [-0.39, 0.29) is 5.91 Å². The Bertz CT molecular complexity index is 793. The Hall–Kier alpha value is -3.14. The first kappa shape index (κ1) is 14.8. The lowest BCUT2D eigenvalue weighted by atomic mass is 10.1.